The van der Waals surface area contributed by atoms with E-state index in [9.17, 15) is 24.3 Å². The highest BCUT2D eigenvalue weighted by atomic mass is 32.1. The van der Waals surface area contributed by atoms with Crippen LogP contribution >= 0.6 is 11.3 Å². The van der Waals surface area contributed by atoms with Gasteiger partial charge in [0, 0.05) is 24.3 Å². The summed E-state index contributed by atoms with van der Waals surface area (Å²) in [5, 5.41) is 16.0. The fraction of sp³-hybridized carbons (Fsp3) is 0.759. The quantitative estimate of drug-likeness (QED) is 0.230. The second-order valence-corrected chi connectivity index (χ2v) is 12.1. The minimum atomic E-state index is -1.08. The first-order chi connectivity index (χ1) is 19.4. The third-order valence-electron chi connectivity index (χ3n) is 7.79. The summed E-state index contributed by atoms with van der Waals surface area (Å²) >= 11 is 1.13. The van der Waals surface area contributed by atoms with Gasteiger partial charge in [-0.3, -0.25) is 19.3 Å². The van der Waals surface area contributed by atoms with Crippen LogP contribution in [0, 0.1) is 11.8 Å². The molecule has 1 saturated heterocycles. The SMILES string of the molecule is CCCC(=O)OCN(C(=O)C(NC(=O)[C@H]1CCCCN1C)[C@@H](C)CC)[C@H](C[C@@H](O)c1nc(C(=O)OC)cs1)C(C)C. The number of rotatable bonds is 15. The summed E-state index contributed by atoms with van der Waals surface area (Å²) < 4.78 is 10.2. The lowest BCUT2D eigenvalue weighted by atomic mass is 9.92. The van der Waals surface area contributed by atoms with E-state index in [1.807, 2.05) is 46.6 Å². The first kappa shape index (κ1) is 34.6. The van der Waals surface area contributed by atoms with E-state index in [4.69, 9.17) is 9.47 Å². The van der Waals surface area contributed by atoms with E-state index in [-0.39, 0.29) is 55.0 Å². The zero-order valence-corrected chi connectivity index (χ0v) is 26.4. The Morgan fingerprint density at radius 3 is 2.51 bits per heavy atom. The molecule has 0 bridgehead atoms. The molecule has 0 aromatic carbocycles. The summed E-state index contributed by atoms with van der Waals surface area (Å²) in [6.45, 7) is 10.1. The molecule has 1 aliphatic heterocycles. The summed E-state index contributed by atoms with van der Waals surface area (Å²) in [4.78, 5) is 59.6. The van der Waals surface area contributed by atoms with Crippen LogP contribution in [-0.2, 0) is 23.9 Å². The van der Waals surface area contributed by atoms with Gasteiger partial charge in [0.1, 0.15) is 17.2 Å². The molecule has 1 unspecified atom stereocenters. The number of esters is 2. The molecule has 0 aliphatic carbocycles. The van der Waals surface area contributed by atoms with Crippen LogP contribution in [0.3, 0.4) is 0 Å². The molecule has 2 N–H and O–H groups in total. The largest absolute Gasteiger partial charge is 0.464 e. The topological polar surface area (TPSA) is 138 Å². The fourth-order valence-electron chi connectivity index (χ4n) is 4.99. The monoisotopic (exact) mass is 596 g/mol. The molecule has 0 saturated carbocycles. The Kier molecular flexibility index (Phi) is 14.2. The van der Waals surface area contributed by atoms with E-state index < -0.39 is 30.1 Å². The molecular weight excluding hydrogens is 548 g/mol. The molecule has 232 valence electrons. The number of aromatic nitrogens is 1. The Bertz CT molecular complexity index is 1020. The van der Waals surface area contributed by atoms with Crippen molar-refractivity contribution in [1.82, 2.24) is 20.1 Å². The average Bonchev–Trinajstić information content (AvgIpc) is 3.45. The molecule has 1 aromatic heterocycles. The van der Waals surface area contributed by atoms with E-state index in [0.29, 0.717) is 17.8 Å². The number of methoxy groups -OCH3 is 1. The van der Waals surface area contributed by atoms with Crippen LogP contribution in [0.1, 0.15) is 101 Å². The molecule has 2 rings (SSSR count). The Morgan fingerprint density at radius 1 is 1.22 bits per heavy atom. The van der Waals surface area contributed by atoms with Gasteiger partial charge in [-0.15, -0.1) is 11.3 Å². The van der Waals surface area contributed by atoms with Crippen LogP contribution in [0.4, 0.5) is 0 Å². The van der Waals surface area contributed by atoms with E-state index in [2.05, 4.69) is 10.3 Å². The normalized spacial score (nSPS) is 18.7. The van der Waals surface area contributed by atoms with Crippen LogP contribution in [0.5, 0.6) is 0 Å². The smallest absolute Gasteiger partial charge is 0.357 e. The number of carbonyl (C=O) groups excluding carboxylic acids is 4. The molecule has 0 spiro atoms. The summed E-state index contributed by atoms with van der Waals surface area (Å²) in [6.07, 6.45) is 3.18. The number of hydrogen-bond donors (Lipinski definition) is 2. The maximum Gasteiger partial charge on any atom is 0.357 e. The number of amides is 2. The highest BCUT2D eigenvalue weighted by Gasteiger charge is 2.38. The molecule has 2 amide bonds. The Labute approximate surface area is 248 Å². The maximum absolute atomic E-state index is 14.3. The van der Waals surface area contributed by atoms with Gasteiger partial charge >= 0.3 is 11.9 Å². The van der Waals surface area contributed by atoms with Crippen molar-refractivity contribution in [1.29, 1.82) is 0 Å². The number of nitrogens with zero attached hydrogens (tertiary/aromatic N) is 3. The number of likely N-dealkylation sites (tertiary alicyclic amines) is 1. The summed E-state index contributed by atoms with van der Waals surface area (Å²) in [7, 11) is 3.18. The van der Waals surface area contributed by atoms with Gasteiger partial charge in [0.2, 0.25) is 11.8 Å². The third-order valence-corrected chi connectivity index (χ3v) is 8.73. The average molecular weight is 597 g/mol. The molecule has 1 aromatic rings. The number of thiazole rings is 1. The second-order valence-electron chi connectivity index (χ2n) is 11.2. The van der Waals surface area contributed by atoms with Crippen LogP contribution in [-0.4, -0.2) is 89.2 Å². The van der Waals surface area contributed by atoms with Crippen molar-refractivity contribution >= 4 is 35.1 Å². The number of likely N-dealkylation sites (N-methyl/N-ethyl adjacent to an activating group) is 1. The van der Waals surface area contributed by atoms with Crippen molar-refractivity contribution in [3.8, 4) is 0 Å². The number of piperidine rings is 1. The van der Waals surface area contributed by atoms with Crippen molar-refractivity contribution in [3.05, 3.63) is 16.1 Å². The number of hydrogen-bond acceptors (Lipinski definition) is 10. The molecule has 5 atom stereocenters. The van der Waals surface area contributed by atoms with Gasteiger partial charge in [-0.1, -0.05) is 47.5 Å². The minimum Gasteiger partial charge on any atom is -0.464 e. The second kappa shape index (κ2) is 16.8. The molecule has 2 heterocycles. The molecule has 1 fully saturated rings. The summed E-state index contributed by atoms with van der Waals surface area (Å²) in [5.74, 6) is -1.91. The minimum absolute atomic E-state index is 0.0927. The number of nitrogens with one attached hydrogen (secondary N) is 1. The zero-order valence-electron chi connectivity index (χ0n) is 25.6. The molecule has 1 aliphatic rings. The maximum atomic E-state index is 14.3. The van der Waals surface area contributed by atoms with Crippen LogP contribution in [0.25, 0.3) is 0 Å². The Balaban J connectivity index is 2.37. The van der Waals surface area contributed by atoms with Crippen molar-refractivity contribution in [2.75, 3.05) is 27.4 Å². The predicted octanol–water partition coefficient (Wildman–Crippen LogP) is 3.52. The van der Waals surface area contributed by atoms with Gasteiger partial charge in [-0.25, -0.2) is 9.78 Å². The van der Waals surface area contributed by atoms with Gasteiger partial charge in [0.15, 0.2) is 12.4 Å². The number of ether oxygens (including phenoxy) is 2. The fourth-order valence-corrected chi connectivity index (χ4v) is 5.77. The van der Waals surface area contributed by atoms with Crippen molar-refractivity contribution < 1.29 is 33.8 Å². The summed E-state index contributed by atoms with van der Waals surface area (Å²) in [5.41, 5.74) is 0.0984. The van der Waals surface area contributed by atoms with Crippen LogP contribution in [0.2, 0.25) is 0 Å². The zero-order chi connectivity index (χ0) is 30.7. The molecule has 12 heteroatoms. The van der Waals surface area contributed by atoms with Crippen molar-refractivity contribution in [3.63, 3.8) is 0 Å². The van der Waals surface area contributed by atoms with Crippen LogP contribution < -0.4 is 5.32 Å². The van der Waals surface area contributed by atoms with Gasteiger partial charge in [0.25, 0.3) is 0 Å². The van der Waals surface area contributed by atoms with Gasteiger partial charge in [-0.2, -0.15) is 0 Å². The molecule has 0 radical (unpaired) electrons. The summed E-state index contributed by atoms with van der Waals surface area (Å²) in [6, 6.07) is -1.70. The van der Waals surface area contributed by atoms with Crippen LogP contribution in [0.15, 0.2) is 5.38 Å². The lowest BCUT2D eigenvalue weighted by Gasteiger charge is -2.39. The first-order valence-corrected chi connectivity index (χ1v) is 15.5. The van der Waals surface area contributed by atoms with E-state index in [0.717, 1.165) is 37.1 Å². The molecular formula is C29H48N4O7S. The van der Waals surface area contributed by atoms with Gasteiger partial charge < -0.3 is 24.8 Å². The van der Waals surface area contributed by atoms with Gasteiger partial charge in [-0.05, 0) is 44.7 Å². The van der Waals surface area contributed by atoms with Gasteiger partial charge in [0.05, 0.1) is 13.2 Å². The van der Waals surface area contributed by atoms with E-state index >= 15 is 0 Å². The van der Waals surface area contributed by atoms with Crippen molar-refractivity contribution in [2.45, 2.75) is 104 Å². The first-order valence-electron chi connectivity index (χ1n) is 14.6. The van der Waals surface area contributed by atoms with Crippen molar-refractivity contribution in [2.24, 2.45) is 11.8 Å². The Hall–Kier alpha value is -2.57. The van der Waals surface area contributed by atoms with E-state index in [1.165, 1.54) is 17.4 Å². The highest BCUT2D eigenvalue weighted by molar-refractivity contribution is 7.09. The highest BCUT2D eigenvalue weighted by Crippen LogP contribution is 2.29. The number of carbonyl (C=O) groups is 4. The lowest BCUT2D eigenvalue weighted by Crippen LogP contribution is -2.59. The lowest BCUT2D eigenvalue weighted by molar-refractivity contribution is -0.159. The Morgan fingerprint density at radius 2 is 1.93 bits per heavy atom. The third kappa shape index (κ3) is 9.75. The standard InChI is InChI=1S/C29H48N4O7S/c1-8-12-24(35)40-17-33(22(18(3)4)15-23(34)27-30-20(16-41-27)29(38)39-7)28(37)25(19(5)9-2)31-26(36)21-13-10-11-14-32(21)6/h16,18-19,21-23,25,34H,8-15,17H2,1-7H3,(H,31,36)/t19-,21+,22+,23+,25?/m0/s1. The predicted molar refractivity (Wildman–Crippen MR) is 156 cm³/mol. The van der Waals surface area contributed by atoms with E-state index in [1.54, 1.807) is 0 Å². The molecule has 41 heavy (non-hydrogen) atoms. The number of aliphatic hydroxyl groups excluding tert-OH is 1. The molecule has 11 nitrogen and oxygen atoms in total. The number of aliphatic hydroxyl groups is 1.